The molecule has 0 N–H and O–H groups in total. The second kappa shape index (κ2) is 4.03. The first kappa shape index (κ1) is 13.5. The fourth-order valence-corrected chi connectivity index (χ4v) is 1.41. The van der Waals surface area contributed by atoms with Crippen LogP contribution in [-0.2, 0) is 4.79 Å². The quantitative estimate of drug-likeness (QED) is 0.402. The van der Waals surface area contributed by atoms with Crippen LogP contribution in [0.1, 0.15) is 6.42 Å². The molecule has 8 heteroatoms. The van der Waals surface area contributed by atoms with E-state index < -0.39 is 29.9 Å². The van der Waals surface area contributed by atoms with Gasteiger partial charge in [0.2, 0.25) is 6.08 Å². The van der Waals surface area contributed by atoms with Crippen molar-refractivity contribution in [3.8, 4) is 0 Å². The number of rotatable bonds is 1. The predicted octanol–water partition coefficient (Wildman–Crippen LogP) is 3.28. The maximum Gasteiger partial charge on any atom is 0.406 e. The average molecular weight is 257 g/mol. The van der Waals surface area contributed by atoms with Gasteiger partial charge in [-0.3, -0.25) is 0 Å². The lowest BCUT2D eigenvalue weighted by atomic mass is 9.78. The van der Waals surface area contributed by atoms with Crippen molar-refractivity contribution < 1.29 is 31.1 Å². The second-order valence-corrected chi connectivity index (χ2v) is 3.36. The number of isocyanates is 1. The van der Waals surface area contributed by atoms with Gasteiger partial charge in [-0.05, 0) is 6.08 Å². The lowest BCUT2D eigenvalue weighted by molar-refractivity contribution is -0.321. The van der Waals surface area contributed by atoms with E-state index in [1.54, 1.807) is 0 Å². The van der Waals surface area contributed by atoms with E-state index in [0.717, 1.165) is 12.2 Å². The Morgan fingerprint density at radius 1 is 1.18 bits per heavy atom. The Balaban J connectivity index is 3.28. The van der Waals surface area contributed by atoms with E-state index in [0.29, 0.717) is 6.08 Å². The molecule has 0 radical (unpaired) electrons. The van der Waals surface area contributed by atoms with E-state index in [1.165, 1.54) is 0 Å². The molecule has 0 bridgehead atoms. The molecule has 0 aromatic rings. The summed E-state index contributed by atoms with van der Waals surface area (Å²) in [4.78, 5) is 12.7. The Hall–Kier alpha value is -1.56. The topological polar surface area (TPSA) is 29.4 Å². The molecule has 1 aliphatic rings. The molecule has 1 rings (SSSR count). The summed E-state index contributed by atoms with van der Waals surface area (Å²) < 4.78 is 75.4. The molecule has 0 amide bonds. The Labute approximate surface area is 91.3 Å². The van der Waals surface area contributed by atoms with E-state index in [4.69, 9.17) is 0 Å². The maximum atomic E-state index is 12.6. The maximum absolute atomic E-state index is 12.6. The van der Waals surface area contributed by atoms with Crippen molar-refractivity contribution in [3.05, 3.63) is 23.9 Å². The molecule has 0 heterocycles. The van der Waals surface area contributed by atoms with Gasteiger partial charge < -0.3 is 0 Å². The molecule has 0 fully saturated rings. The summed E-state index contributed by atoms with van der Waals surface area (Å²) in [5.41, 5.74) is -4.61. The van der Waals surface area contributed by atoms with Crippen molar-refractivity contribution in [2.24, 2.45) is 10.4 Å². The van der Waals surface area contributed by atoms with E-state index in [2.05, 4.69) is 4.99 Å². The average Bonchev–Trinajstić information content (AvgIpc) is 2.15. The SMILES string of the molecule is O=C=NC1=CC=CC(C(F)(F)F)(C(F)(F)F)C1. The molecule has 0 aromatic heterocycles. The standard InChI is InChI=1S/C9H5F6NO/c10-8(11,12)7(9(13,14)15)3-1-2-6(4-7)16-5-17/h1-3H,4H2. The number of nitrogens with zero attached hydrogens (tertiary/aromatic N) is 1. The third kappa shape index (κ3) is 2.26. The van der Waals surface area contributed by atoms with E-state index in [9.17, 15) is 31.1 Å². The van der Waals surface area contributed by atoms with Crippen molar-refractivity contribution in [2.75, 3.05) is 0 Å². The first-order chi connectivity index (χ1) is 7.64. The highest BCUT2D eigenvalue weighted by molar-refractivity contribution is 5.39. The van der Waals surface area contributed by atoms with Crippen LogP contribution in [0.5, 0.6) is 0 Å². The van der Waals surface area contributed by atoms with E-state index in [-0.39, 0.29) is 6.08 Å². The van der Waals surface area contributed by atoms with Gasteiger partial charge in [0.1, 0.15) is 0 Å². The highest BCUT2D eigenvalue weighted by atomic mass is 19.4. The number of alkyl halides is 6. The minimum absolute atomic E-state index is 0.0246. The van der Waals surface area contributed by atoms with Gasteiger partial charge in [-0.1, -0.05) is 12.2 Å². The van der Waals surface area contributed by atoms with Gasteiger partial charge in [0.05, 0.1) is 5.70 Å². The van der Waals surface area contributed by atoms with Crippen LogP contribution in [0, 0.1) is 5.41 Å². The highest BCUT2D eigenvalue weighted by Crippen LogP contribution is 2.56. The first-order valence-corrected chi connectivity index (χ1v) is 4.24. The Bertz CT molecular complexity index is 396. The van der Waals surface area contributed by atoms with Crippen LogP contribution in [0.3, 0.4) is 0 Å². The Kier molecular flexibility index (Phi) is 3.20. The lowest BCUT2D eigenvalue weighted by Crippen LogP contribution is -2.49. The van der Waals surface area contributed by atoms with Gasteiger partial charge >= 0.3 is 12.4 Å². The van der Waals surface area contributed by atoms with Crippen LogP contribution in [0.15, 0.2) is 28.9 Å². The van der Waals surface area contributed by atoms with Gasteiger partial charge in [-0.2, -0.15) is 31.3 Å². The lowest BCUT2D eigenvalue weighted by Gasteiger charge is -2.35. The van der Waals surface area contributed by atoms with E-state index >= 15 is 0 Å². The van der Waals surface area contributed by atoms with Crippen molar-refractivity contribution in [2.45, 2.75) is 18.8 Å². The highest BCUT2D eigenvalue weighted by Gasteiger charge is 2.69. The fourth-order valence-electron chi connectivity index (χ4n) is 1.41. The normalized spacial score (nSPS) is 19.5. The third-order valence-corrected chi connectivity index (χ3v) is 2.33. The molecular weight excluding hydrogens is 252 g/mol. The largest absolute Gasteiger partial charge is 0.406 e. The molecule has 0 aromatic carbocycles. The van der Waals surface area contributed by atoms with Crippen molar-refractivity contribution in [1.82, 2.24) is 0 Å². The van der Waals surface area contributed by atoms with Crippen LogP contribution in [0.25, 0.3) is 0 Å². The summed E-state index contributed by atoms with van der Waals surface area (Å²) in [6, 6.07) is 0. The molecule has 0 spiro atoms. The minimum Gasteiger partial charge on any atom is -0.211 e. The molecule has 1 aliphatic carbocycles. The Morgan fingerprint density at radius 2 is 1.71 bits per heavy atom. The van der Waals surface area contributed by atoms with Gasteiger partial charge in [0.15, 0.2) is 5.41 Å². The third-order valence-electron chi connectivity index (χ3n) is 2.33. The monoisotopic (exact) mass is 257 g/mol. The smallest absolute Gasteiger partial charge is 0.211 e. The number of carbonyl (C=O) groups excluding carboxylic acids is 1. The number of aliphatic imine (C=N–C) groups is 1. The molecule has 0 saturated heterocycles. The molecule has 0 saturated carbocycles. The predicted molar refractivity (Wildman–Crippen MR) is 44.5 cm³/mol. The molecule has 0 atom stereocenters. The number of hydrogen-bond acceptors (Lipinski definition) is 2. The zero-order valence-corrected chi connectivity index (χ0v) is 8.06. The molecule has 94 valence electrons. The van der Waals surface area contributed by atoms with Crippen LogP contribution in [0.2, 0.25) is 0 Å². The van der Waals surface area contributed by atoms with Crippen LogP contribution in [-0.4, -0.2) is 18.4 Å². The van der Waals surface area contributed by atoms with Crippen molar-refractivity contribution >= 4 is 6.08 Å². The van der Waals surface area contributed by atoms with Crippen LogP contribution in [0.4, 0.5) is 26.3 Å². The summed E-state index contributed by atoms with van der Waals surface area (Å²) >= 11 is 0. The zero-order chi connectivity index (χ0) is 13.3. The molecule has 2 nitrogen and oxygen atoms in total. The molecule has 17 heavy (non-hydrogen) atoms. The van der Waals surface area contributed by atoms with Crippen LogP contribution < -0.4 is 0 Å². The van der Waals surface area contributed by atoms with Crippen molar-refractivity contribution in [1.29, 1.82) is 0 Å². The Morgan fingerprint density at radius 3 is 2.12 bits per heavy atom. The summed E-state index contributed by atoms with van der Waals surface area (Å²) in [5, 5.41) is 0. The number of allylic oxidation sites excluding steroid dienone is 4. The first-order valence-electron chi connectivity index (χ1n) is 4.24. The molecular formula is C9H5F6NO. The van der Waals surface area contributed by atoms with Gasteiger partial charge in [0.25, 0.3) is 0 Å². The second-order valence-electron chi connectivity index (χ2n) is 3.36. The summed E-state index contributed by atoms with van der Waals surface area (Å²) in [6.45, 7) is 0. The fraction of sp³-hybridized carbons (Fsp3) is 0.444. The van der Waals surface area contributed by atoms with Gasteiger partial charge in [-0.15, -0.1) is 0 Å². The summed E-state index contributed by atoms with van der Waals surface area (Å²) in [6.07, 6.45) is -10.1. The van der Waals surface area contributed by atoms with Gasteiger partial charge in [0, 0.05) is 6.42 Å². The molecule has 0 unspecified atom stereocenters. The van der Waals surface area contributed by atoms with E-state index in [1.807, 2.05) is 0 Å². The number of halogens is 6. The summed E-state index contributed by atoms with van der Waals surface area (Å²) in [7, 11) is 0. The van der Waals surface area contributed by atoms with Gasteiger partial charge in [-0.25, -0.2) is 4.79 Å². The van der Waals surface area contributed by atoms with Crippen molar-refractivity contribution in [3.63, 3.8) is 0 Å². The summed E-state index contributed by atoms with van der Waals surface area (Å²) in [5.74, 6) is 0. The number of hydrogen-bond donors (Lipinski definition) is 0. The minimum atomic E-state index is -5.51. The molecule has 0 aliphatic heterocycles. The van der Waals surface area contributed by atoms with Crippen LogP contribution >= 0.6 is 0 Å². The zero-order valence-electron chi connectivity index (χ0n) is 8.06.